The fourth-order valence-corrected chi connectivity index (χ4v) is 6.48. The van der Waals surface area contributed by atoms with Gasteiger partial charge in [0.2, 0.25) is 15.9 Å². The first kappa shape index (κ1) is 21.3. The highest BCUT2D eigenvalue weighted by Crippen LogP contribution is 2.34. The van der Waals surface area contributed by atoms with Crippen molar-refractivity contribution in [1.82, 2.24) is 14.1 Å². The summed E-state index contributed by atoms with van der Waals surface area (Å²) in [5, 5.41) is 2.08. The minimum atomic E-state index is -3.57. The maximum Gasteiger partial charge on any atom is 0.243 e. The number of carbonyl (C=O) groups is 1. The van der Waals surface area contributed by atoms with Crippen molar-refractivity contribution in [2.24, 2.45) is 0 Å². The number of hydrogen-bond acceptors (Lipinski definition) is 6. The summed E-state index contributed by atoms with van der Waals surface area (Å²) in [4.78, 5) is 18.5. The zero-order valence-electron chi connectivity index (χ0n) is 17.1. The van der Waals surface area contributed by atoms with E-state index in [1.807, 2.05) is 0 Å². The molecule has 1 aromatic carbocycles. The molecule has 1 aromatic heterocycles. The van der Waals surface area contributed by atoms with Crippen LogP contribution in [-0.2, 0) is 14.8 Å². The standard InChI is InChI=1S/C21H27N3O4S2/c1-28-17-6-8-18(9-7-17)30(26,27)24-13-11-22(12-14-24)21(25)16-23-10-2-4-19(23)20-5-3-15-29-20/h3,5-9,15,19H,2,4,10-14,16H2,1H3/t19-/m0/s1. The SMILES string of the molecule is COc1ccc(S(=O)(=O)N2CCN(C(=O)CN3CCC[C@H]3c3cccs3)CC2)cc1. The highest BCUT2D eigenvalue weighted by Gasteiger charge is 2.33. The average Bonchev–Trinajstić information content (AvgIpc) is 3.45. The molecule has 2 aromatic rings. The Morgan fingerprint density at radius 1 is 1.10 bits per heavy atom. The molecule has 0 N–H and O–H groups in total. The van der Waals surface area contributed by atoms with Gasteiger partial charge in [-0.2, -0.15) is 4.31 Å². The Morgan fingerprint density at radius 3 is 2.47 bits per heavy atom. The molecule has 2 aliphatic rings. The first-order valence-electron chi connectivity index (χ1n) is 10.2. The number of sulfonamides is 1. The van der Waals surface area contributed by atoms with Crippen molar-refractivity contribution >= 4 is 27.3 Å². The Bertz CT molecular complexity index is 953. The number of hydrogen-bond donors (Lipinski definition) is 0. The van der Waals surface area contributed by atoms with E-state index in [4.69, 9.17) is 4.74 Å². The highest BCUT2D eigenvalue weighted by molar-refractivity contribution is 7.89. The van der Waals surface area contributed by atoms with Crippen LogP contribution in [0.3, 0.4) is 0 Å². The van der Waals surface area contributed by atoms with Crippen molar-refractivity contribution in [1.29, 1.82) is 0 Å². The van der Waals surface area contributed by atoms with Gasteiger partial charge in [-0.3, -0.25) is 9.69 Å². The molecule has 30 heavy (non-hydrogen) atoms. The van der Waals surface area contributed by atoms with E-state index >= 15 is 0 Å². The predicted molar refractivity (Wildman–Crippen MR) is 116 cm³/mol. The molecule has 2 fully saturated rings. The summed E-state index contributed by atoms with van der Waals surface area (Å²) in [5.74, 6) is 0.701. The van der Waals surface area contributed by atoms with Gasteiger partial charge in [0.1, 0.15) is 5.75 Å². The molecule has 0 saturated carbocycles. The van der Waals surface area contributed by atoms with Crippen LogP contribution in [0, 0.1) is 0 Å². The summed E-state index contributed by atoms with van der Waals surface area (Å²) in [5.41, 5.74) is 0. The molecular weight excluding hydrogens is 422 g/mol. The lowest BCUT2D eigenvalue weighted by atomic mass is 10.2. The summed E-state index contributed by atoms with van der Waals surface area (Å²) in [7, 11) is -2.02. The number of rotatable bonds is 6. The molecule has 0 radical (unpaired) electrons. The third kappa shape index (κ3) is 4.39. The molecule has 4 rings (SSSR count). The van der Waals surface area contributed by atoms with Crippen molar-refractivity contribution in [3.8, 4) is 5.75 Å². The predicted octanol–water partition coefficient (Wildman–Crippen LogP) is 2.43. The van der Waals surface area contributed by atoms with Gasteiger partial charge in [0.05, 0.1) is 18.6 Å². The Morgan fingerprint density at radius 2 is 1.83 bits per heavy atom. The van der Waals surface area contributed by atoms with E-state index in [0.29, 0.717) is 44.5 Å². The Kier molecular flexibility index (Phi) is 6.43. The summed E-state index contributed by atoms with van der Waals surface area (Å²) >= 11 is 1.74. The maximum atomic E-state index is 12.9. The van der Waals surface area contributed by atoms with Crippen LogP contribution < -0.4 is 4.74 Å². The molecule has 0 spiro atoms. The third-order valence-electron chi connectivity index (χ3n) is 5.86. The number of benzene rings is 1. The summed E-state index contributed by atoms with van der Waals surface area (Å²) in [6.07, 6.45) is 2.19. The maximum absolute atomic E-state index is 12.9. The summed E-state index contributed by atoms with van der Waals surface area (Å²) in [6, 6.07) is 10.9. The number of nitrogens with zero attached hydrogens (tertiary/aromatic N) is 3. The number of thiophene rings is 1. The van der Waals surface area contributed by atoms with E-state index in [-0.39, 0.29) is 10.8 Å². The molecule has 2 aliphatic heterocycles. The van der Waals surface area contributed by atoms with E-state index in [2.05, 4.69) is 22.4 Å². The van der Waals surface area contributed by atoms with Gasteiger partial charge in [-0.25, -0.2) is 8.42 Å². The quantitative estimate of drug-likeness (QED) is 0.678. The normalized spacial score (nSPS) is 21.1. The van der Waals surface area contributed by atoms with Gasteiger partial charge < -0.3 is 9.64 Å². The van der Waals surface area contributed by atoms with Crippen molar-refractivity contribution in [3.63, 3.8) is 0 Å². The van der Waals surface area contributed by atoms with Crippen LogP contribution in [0.5, 0.6) is 5.75 Å². The first-order valence-corrected chi connectivity index (χ1v) is 12.5. The molecule has 1 atom stereocenters. The van der Waals surface area contributed by atoms with E-state index < -0.39 is 10.0 Å². The van der Waals surface area contributed by atoms with E-state index in [9.17, 15) is 13.2 Å². The zero-order chi connectivity index (χ0) is 21.1. The van der Waals surface area contributed by atoms with Gasteiger partial charge in [0.15, 0.2) is 0 Å². The second-order valence-electron chi connectivity index (χ2n) is 7.60. The van der Waals surface area contributed by atoms with Crippen LogP contribution in [0.4, 0.5) is 0 Å². The van der Waals surface area contributed by atoms with Crippen LogP contribution in [-0.4, -0.2) is 74.8 Å². The molecule has 7 nitrogen and oxygen atoms in total. The Labute approximate surface area is 181 Å². The van der Waals surface area contributed by atoms with Gasteiger partial charge >= 0.3 is 0 Å². The lowest BCUT2D eigenvalue weighted by Crippen LogP contribution is -2.52. The molecule has 3 heterocycles. The topological polar surface area (TPSA) is 70.2 Å². The molecule has 162 valence electrons. The number of methoxy groups -OCH3 is 1. The van der Waals surface area contributed by atoms with Crippen molar-refractivity contribution < 1.29 is 17.9 Å². The molecule has 0 aliphatic carbocycles. The minimum absolute atomic E-state index is 0.0833. The van der Waals surface area contributed by atoms with Crippen LogP contribution in [0.25, 0.3) is 0 Å². The van der Waals surface area contributed by atoms with Crippen LogP contribution in [0.2, 0.25) is 0 Å². The van der Waals surface area contributed by atoms with Gasteiger partial charge in [-0.15, -0.1) is 11.3 Å². The number of piperazine rings is 1. The van der Waals surface area contributed by atoms with Gasteiger partial charge in [-0.05, 0) is 55.1 Å². The van der Waals surface area contributed by atoms with Gasteiger partial charge in [0, 0.05) is 37.1 Å². The minimum Gasteiger partial charge on any atom is -0.497 e. The molecule has 1 amide bonds. The lowest BCUT2D eigenvalue weighted by Gasteiger charge is -2.35. The average molecular weight is 450 g/mol. The van der Waals surface area contributed by atoms with Crippen molar-refractivity contribution in [2.75, 3.05) is 46.4 Å². The summed E-state index contributed by atoms with van der Waals surface area (Å²) < 4.78 is 32.3. The number of ether oxygens (including phenoxy) is 1. The fraction of sp³-hybridized carbons (Fsp3) is 0.476. The van der Waals surface area contributed by atoms with Crippen molar-refractivity contribution in [2.45, 2.75) is 23.8 Å². The largest absolute Gasteiger partial charge is 0.497 e. The van der Waals surface area contributed by atoms with Gasteiger partial charge in [0.25, 0.3) is 0 Å². The molecule has 0 bridgehead atoms. The Balaban J connectivity index is 1.34. The van der Waals surface area contributed by atoms with Crippen LogP contribution in [0.15, 0.2) is 46.7 Å². The second-order valence-corrected chi connectivity index (χ2v) is 10.5. The fourth-order valence-electron chi connectivity index (χ4n) is 4.17. The molecule has 0 unspecified atom stereocenters. The van der Waals surface area contributed by atoms with Gasteiger partial charge in [-0.1, -0.05) is 6.07 Å². The summed E-state index contributed by atoms with van der Waals surface area (Å²) in [6.45, 7) is 2.80. The molecular formula is C21H27N3O4S2. The number of likely N-dealkylation sites (tertiary alicyclic amines) is 1. The first-order chi connectivity index (χ1) is 14.5. The highest BCUT2D eigenvalue weighted by atomic mass is 32.2. The van der Waals surface area contributed by atoms with Crippen LogP contribution >= 0.6 is 11.3 Å². The molecule has 2 saturated heterocycles. The van der Waals surface area contributed by atoms with E-state index in [1.165, 1.54) is 9.18 Å². The third-order valence-corrected chi connectivity index (χ3v) is 8.75. The lowest BCUT2D eigenvalue weighted by molar-refractivity contribution is -0.133. The number of carbonyl (C=O) groups excluding carboxylic acids is 1. The van der Waals surface area contributed by atoms with E-state index in [1.54, 1.807) is 47.6 Å². The number of amides is 1. The smallest absolute Gasteiger partial charge is 0.243 e. The van der Waals surface area contributed by atoms with E-state index in [0.717, 1.165) is 19.4 Å². The second kappa shape index (κ2) is 9.05. The van der Waals surface area contributed by atoms with Crippen molar-refractivity contribution in [3.05, 3.63) is 46.7 Å². The monoisotopic (exact) mass is 449 g/mol. The molecule has 9 heteroatoms. The van der Waals surface area contributed by atoms with Crippen LogP contribution in [0.1, 0.15) is 23.8 Å². The Hall–Kier alpha value is -1.94. The zero-order valence-corrected chi connectivity index (χ0v) is 18.7.